The number of aliphatic hydroxyl groups is 1. The van der Waals surface area contributed by atoms with Crippen molar-refractivity contribution in [3.05, 3.63) is 0 Å². The molecule has 1 atom stereocenters. The number of hydrogen-bond acceptors (Lipinski definition) is 4. The normalized spacial score (nSPS) is 21.6. The smallest absolute Gasteiger partial charge is 0.309 e. The van der Waals surface area contributed by atoms with E-state index in [0.717, 1.165) is 0 Å². The van der Waals surface area contributed by atoms with Gasteiger partial charge in [-0.1, -0.05) is 0 Å². The molecule has 94 valence electrons. The molecule has 1 rings (SSSR count). The molecule has 1 saturated heterocycles. The summed E-state index contributed by atoms with van der Waals surface area (Å²) in [7, 11) is 0. The summed E-state index contributed by atoms with van der Waals surface area (Å²) in [4.78, 5) is 11.3. The highest BCUT2D eigenvalue weighted by atomic mass is 16.5. The number of ether oxygens (including phenoxy) is 2. The van der Waals surface area contributed by atoms with Crippen molar-refractivity contribution in [2.45, 2.75) is 32.3 Å². The molecule has 1 unspecified atom stereocenters. The zero-order chi connectivity index (χ0) is 12.0. The summed E-state index contributed by atoms with van der Waals surface area (Å²) in [6.07, 6.45) is 0.456. The molecule has 2 N–H and O–H groups in total. The maximum absolute atomic E-state index is 11.3. The molecule has 0 radical (unpaired) electrons. The van der Waals surface area contributed by atoms with Crippen molar-refractivity contribution in [2.75, 3.05) is 26.4 Å². The van der Waals surface area contributed by atoms with Crippen LogP contribution in [0.5, 0.6) is 0 Å². The van der Waals surface area contributed by atoms with Crippen LogP contribution >= 0.6 is 0 Å². The Labute approximate surface area is 95.4 Å². The largest absolute Gasteiger partial charge is 0.481 e. The summed E-state index contributed by atoms with van der Waals surface area (Å²) in [5.74, 6) is -0.841. The van der Waals surface area contributed by atoms with Gasteiger partial charge in [0.1, 0.15) is 0 Å². The van der Waals surface area contributed by atoms with Gasteiger partial charge in [-0.3, -0.25) is 4.79 Å². The standard InChI is InChI=1S/C11H20O5/c1-2-15-8-9(12)7-11(10(13)14)3-5-16-6-4-11/h9,12H,2-8H2,1H3,(H,13,14). The Morgan fingerprint density at radius 2 is 2.12 bits per heavy atom. The van der Waals surface area contributed by atoms with Gasteiger partial charge < -0.3 is 19.7 Å². The molecule has 0 bridgehead atoms. The average Bonchev–Trinajstić information content (AvgIpc) is 2.27. The topological polar surface area (TPSA) is 76.0 Å². The van der Waals surface area contributed by atoms with Crippen LogP contribution in [0.25, 0.3) is 0 Å². The van der Waals surface area contributed by atoms with Crippen molar-refractivity contribution in [1.29, 1.82) is 0 Å². The number of carboxylic acids is 1. The average molecular weight is 232 g/mol. The van der Waals surface area contributed by atoms with Crippen molar-refractivity contribution in [3.63, 3.8) is 0 Å². The van der Waals surface area contributed by atoms with E-state index in [1.807, 2.05) is 6.92 Å². The lowest BCUT2D eigenvalue weighted by Crippen LogP contribution is -2.41. The number of rotatable bonds is 6. The summed E-state index contributed by atoms with van der Waals surface area (Å²) in [5, 5.41) is 19.0. The van der Waals surface area contributed by atoms with Crippen molar-refractivity contribution < 1.29 is 24.5 Å². The van der Waals surface area contributed by atoms with Gasteiger partial charge in [0.15, 0.2) is 0 Å². The first-order chi connectivity index (χ1) is 7.60. The highest BCUT2D eigenvalue weighted by molar-refractivity contribution is 5.74. The van der Waals surface area contributed by atoms with Crippen LogP contribution in [0, 0.1) is 5.41 Å². The fraction of sp³-hybridized carbons (Fsp3) is 0.909. The number of carboxylic acid groups (broad SMARTS) is 1. The van der Waals surface area contributed by atoms with Crippen LogP contribution in [0.1, 0.15) is 26.2 Å². The molecule has 0 spiro atoms. The molecule has 16 heavy (non-hydrogen) atoms. The molecule has 0 saturated carbocycles. The Morgan fingerprint density at radius 3 is 2.62 bits per heavy atom. The van der Waals surface area contributed by atoms with Crippen LogP contribution in [0.4, 0.5) is 0 Å². The van der Waals surface area contributed by atoms with Crippen LogP contribution in [-0.4, -0.2) is 48.7 Å². The molecule has 0 aromatic heterocycles. The summed E-state index contributed by atoms with van der Waals surface area (Å²) in [5.41, 5.74) is -0.839. The first kappa shape index (κ1) is 13.4. The molecule has 5 nitrogen and oxygen atoms in total. The second-order valence-corrected chi connectivity index (χ2v) is 4.22. The maximum atomic E-state index is 11.3. The Hall–Kier alpha value is -0.650. The van der Waals surface area contributed by atoms with E-state index in [-0.39, 0.29) is 13.0 Å². The Kier molecular flexibility index (Phi) is 5.18. The molecule has 0 aromatic carbocycles. The first-order valence-corrected chi connectivity index (χ1v) is 5.67. The van der Waals surface area contributed by atoms with E-state index in [2.05, 4.69) is 0 Å². The number of aliphatic hydroxyl groups excluding tert-OH is 1. The molecule has 1 aliphatic rings. The lowest BCUT2D eigenvalue weighted by Gasteiger charge is -2.34. The third kappa shape index (κ3) is 3.43. The Bertz CT molecular complexity index is 222. The van der Waals surface area contributed by atoms with Crippen molar-refractivity contribution in [2.24, 2.45) is 5.41 Å². The minimum atomic E-state index is -0.841. The fourth-order valence-electron chi connectivity index (χ4n) is 2.03. The molecule has 0 aliphatic carbocycles. The van der Waals surface area contributed by atoms with Crippen LogP contribution in [0.15, 0.2) is 0 Å². The fourth-order valence-corrected chi connectivity index (χ4v) is 2.03. The predicted octanol–water partition coefficient (Wildman–Crippen LogP) is 0.655. The van der Waals surface area contributed by atoms with E-state index in [9.17, 15) is 15.0 Å². The highest BCUT2D eigenvalue weighted by Gasteiger charge is 2.41. The zero-order valence-electron chi connectivity index (χ0n) is 9.65. The number of hydrogen-bond donors (Lipinski definition) is 2. The van der Waals surface area contributed by atoms with Crippen LogP contribution in [0.3, 0.4) is 0 Å². The minimum absolute atomic E-state index is 0.201. The Balaban J connectivity index is 2.53. The van der Waals surface area contributed by atoms with Gasteiger partial charge in [0.2, 0.25) is 0 Å². The lowest BCUT2D eigenvalue weighted by molar-refractivity contribution is -0.158. The van der Waals surface area contributed by atoms with E-state index in [0.29, 0.717) is 32.7 Å². The molecule has 1 fully saturated rings. The van der Waals surface area contributed by atoms with Crippen molar-refractivity contribution in [3.8, 4) is 0 Å². The summed E-state index contributed by atoms with van der Waals surface area (Å²) >= 11 is 0. The van der Waals surface area contributed by atoms with E-state index in [4.69, 9.17) is 9.47 Å². The predicted molar refractivity (Wildman–Crippen MR) is 57.2 cm³/mol. The summed E-state index contributed by atoms with van der Waals surface area (Å²) < 4.78 is 10.2. The van der Waals surface area contributed by atoms with Gasteiger partial charge in [0.25, 0.3) is 0 Å². The second kappa shape index (κ2) is 6.18. The molecular formula is C11H20O5. The van der Waals surface area contributed by atoms with Crippen LogP contribution < -0.4 is 0 Å². The van der Waals surface area contributed by atoms with Gasteiger partial charge in [0, 0.05) is 19.8 Å². The zero-order valence-corrected chi connectivity index (χ0v) is 9.65. The third-order valence-corrected chi connectivity index (χ3v) is 3.04. The molecule has 1 heterocycles. The van der Waals surface area contributed by atoms with Crippen LogP contribution in [-0.2, 0) is 14.3 Å². The van der Waals surface area contributed by atoms with Crippen LogP contribution in [0.2, 0.25) is 0 Å². The highest BCUT2D eigenvalue weighted by Crippen LogP contribution is 2.35. The van der Waals surface area contributed by atoms with Gasteiger partial charge in [0.05, 0.1) is 18.1 Å². The number of aliphatic carboxylic acids is 1. The maximum Gasteiger partial charge on any atom is 0.309 e. The second-order valence-electron chi connectivity index (χ2n) is 4.22. The van der Waals surface area contributed by atoms with E-state index >= 15 is 0 Å². The quantitative estimate of drug-likeness (QED) is 0.703. The van der Waals surface area contributed by atoms with E-state index < -0.39 is 17.5 Å². The van der Waals surface area contributed by atoms with Crippen molar-refractivity contribution in [1.82, 2.24) is 0 Å². The van der Waals surface area contributed by atoms with Crippen molar-refractivity contribution >= 4 is 5.97 Å². The summed E-state index contributed by atoms with van der Waals surface area (Å²) in [6, 6.07) is 0. The molecule has 1 aliphatic heterocycles. The van der Waals surface area contributed by atoms with Gasteiger partial charge >= 0.3 is 5.97 Å². The number of carbonyl (C=O) groups is 1. The molecular weight excluding hydrogens is 212 g/mol. The summed E-state index contributed by atoms with van der Waals surface area (Å²) in [6.45, 7) is 3.47. The Morgan fingerprint density at radius 1 is 1.50 bits per heavy atom. The SMILES string of the molecule is CCOCC(O)CC1(C(=O)O)CCOCC1. The van der Waals surface area contributed by atoms with E-state index in [1.165, 1.54) is 0 Å². The van der Waals surface area contributed by atoms with E-state index in [1.54, 1.807) is 0 Å². The first-order valence-electron chi connectivity index (χ1n) is 5.67. The lowest BCUT2D eigenvalue weighted by atomic mass is 9.76. The van der Waals surface area contributed by atoms with Gasteiger partial charge in [-0.15, -0.1) is 0 Å². The third-order valence-electron chi connectivity index (χ3n) is 3.04. The van der Waals surface area contributed by atoms with Gasteiger partial charge in [-0.05, 0) is 26.2 Å². The van der Waals surface area contributed by atoms with Gasteiger partial charge in [-0.25, -0.2) is 0 Å². The van der Waals surface area contributed by atoms with Gasteiger partial charge in [-0.2, -0.15) is 0 Å². The molecule has 0 aromatic rings. The molecule has 5 heteroatoms. The minimum Gasteiger partial charge on any atom is -0.481 e. The monoisotopic (exact) mass is 232 g/mol. The molecule has 0 amide bonds.